The summed E-state index contributed by atoms with van der Waals surface area (Å²) in [5.74, 6) is -1.02. The van der Waals surface area contributed by atoms with Gasteiger partial charge in [-0.25, -0.2) is 0 Å². The first kappa shape index (κ1) is 13.1. The molecule has 1 atom stereocenters. The number of nitro groups is 1. The predicted octanol–water partition coefficient (Wildman–Crippen LogP) is 3.03. The van der Waals surface area contributed by atoms with Gasteiger partial charge in [-0.2, -0.15) is 0 Å². The predicted molar refractivity (Wildman–Crippen MR) is 65.2 cm³/mol. The van der Waals surface area contributed by atoms with Crippen molar-refractivity contribution in [3.05, 3.63) is 32.3 Å². The number of ketones is 1. The summed E-state index contributed by atoms with van der Waals surface area (Å²) >= 11 is 6.10. The van der Waals surface area contributed by atoms with Crippen LogP contribution in [0.4, 0.5) is 5.69 Å². The molecule has 0 saturated carbocycles. The molecule has 86 valence electrons. The van der Waals surface area contributed by atoms with Crippen molar-refractivity contribution in [1.29, 1.82) is 0 Å². The standard InChI is InChI=1S/C9H7Br2NO4/c1-4(10)8(13)6-2-5(11)3-7(9(6)14)12(15)16/h2-4,14H,1H3. The summed E-state index contributed by atoms with van der Waals surface area (Å²) in [5.41, 5.74) is -0.573. The molecule has 1 N–H and O–H groups in total. The van der Waals surface area contributed by atoms with Crippen LogP contribution in [0.15, 0.2) is 16.6 Å². The lowest BCUT2D eigenvalue weighted by Crippen LogP contribution is -2.10. The van der Waals surface area contributed by atoms with E-state index in [9.17, 15) is 20.0 Å². The van der Waals surface area contributed by atoms with Crippen molar-refractivity contribution in [2.75, 3.05) is 0 Å². The summed E-state index contributed by atoms with van der Waals surface area (Å²) in [6, 6.07) is 2.49. The quantitative estimate of drug-likeness (QED) is 0.392. The van der Waals surface area contributed by atoms with Crippen LogP contribution in [-0.2, 0) is 0 Å². The maximum absolute atomic E-state index is 11.6. The largest absolute Gasteiger partial charge is 0.502 e. The van der Waals surface area contributed by atoms with Gasteiger partial charge in [-0.05, 0) is 13.0 Å². The van der Waals surface area contributed by atoms with E-state index in [-0.39, 0.29) is 5.56 Å². The highest BCUT2D eigenvalue weighted by atomic mass is 79.9. The molecule has 0 bridgehead atoms. The molecule has 0 amide bonds. The van der Waals surface area contributed by atoms with Crippen molar-refractivity contribution in [3.63, 3.8) is 0 Å². The Kier molecular flexibility index (Phi) is 4.03. The molecule has 1 aromatic rings. The number of alkyl halides is 1. The van der Waals surface area contributed by atoms with Crippen LogP contribution in [-0.4, -0.2) is 20.6 Å². The summed E-state index contributed by atoms with van der Waals surface area (Å²) in [6.45, 7) is 1.58. The van der Waals surface area contributed by atoms with Crippen LogP contribution in [0.5, 0.6) is 5.75 Å². The fourth-order valence-corrected chi connectivity index (χ4v) is 1.82. The average Bonchev–Trinajstić information content (AvgIpc) is 2.19. The van der Waals surface area contributed by atoms with Gasteiger partial charge in [0, 0.05) is 10.5 Å². The van der Waals surface area contributed by atoms with Gasteiger partial charge in [0.1, 0.15) is 0 Å². The van der Waals surface area contributed by atoms with Crippen molar-refractivity contribution in [3.8, 4) is 5.75 Å². The molecule has 0 aliphatic carbocycles. The van der Waals surface area contributed by atoms with Crippen molar-refractivity contribution in [1.82, 2.24) is 0 Å². The lowest BCUT2D eigenvalue weighted by Gasteiger charge is -2.06. The van der Waals surface area contributed by atoms with Crippen LogP contribution in [0.2, 0.25) is 0 Å². The molecule has 0 saturated heterocycles. The Morgan fingerprint density at radius 2 is 2.12 bits per heavy atom. The van der Waals surface area contributed by atoms with Crippen LogP contribution in [0.1, 0.15) is 17.3 Å². The van der Waals surface area contributed by atoms with E-state index in [1.54, 1.807) is 6.92 Å². The molecule has 1 aromatic carbocycles. The third-order valence-corrected chi connectivity index (χ3v) is 2.75. The number of hydrogen-bond acceptors (Lipinski definition) is 4. The number of phenols is 1. The molecule has 16 heavy (non-hydrogen) atoms. The minimum absolute atomic E-state index is 0.0783. The van der Waals surface area contributed by atoms with Gasteiger partial charge in [0.05, 0.1) is 15.3 Å². The Morgan fingerprint density at radius 3 is 2.56 bits per heavy atom. The van der Waals surface area contributed by atoms with Gasteiger partial charge in [0.2, 0.25) is 5.75 Å². The van der Waals surface area contributed by atoms with Crippen LogP contribution in [0, 0.1) is 10.1 Å². The molecular weight excluding hydrogens is 346 g/mol. The first-order valence-corrected chi connectivity index (χ1v) is 5.90. The molecule has 0 spiro atoms. The molecule has 0 aromatic heterocycles. The fraction of sp³-hybridized carbons (Fsp3) is 0.222. The van der Waals surface area contributed by atoms with E-state index in [4.69, 9.17) is 0 Å². The van der Waals surface area contributed by atoms with Crippen molar-refractivity contribution < 1.29 is 14.8 Å². The highest BCUT2D eigenvalue weighted by Crippen LogP contribution is 2.34. The summed E-state index contributed by atoms with van der Waals surface area (Å²) in [5, 5.41) is 20.2. The summed E-state index contributed by atoms with van der Waals surface area (Å²) in [7, 11) is 0. The minimum Gasteiger partial charge on any atom is -0.502 e. The second-order valence-corrected chi connectivity index (χ2v) is 5.35. The molecular formula is C9H7Br2NO4. The van der Waals surface area contributed by atoms with Crippen molar-refractivity contribution in [2.24, 2.45) is 0 Å². The number of nitrogens with zero attached hydrogens (tertiary/aromatic N) is 1. The number of nitro benzene ring substituents is 1. The Hall–Kier alpha value is -0.950. The number of Topliss-reactive ketones (excluding diaryl/α,β-unsaturated/α-hetero) is 1. The average molecular weight is 353 g/mol. The Bertz CT molecular complexity index is 459. The number of carbonyl (C=O) groups excluding carboxylic acids is 1. The molecule has 1 unspecified atom stereocenters. The van der Waals surface area contributed by atoms with Crippen LogP contribution in [0.25, 0.3) is 0 Å². The summed E-state index contributed by atoms with van der Waals surface area (Å²) in [6.07, 6.45) is 0. The number of carbonyl (C=O) groups is 1. The monoisotopic (exact) mass is 351 g/mol. The molecule has 7 heteroatoms. The Morgan fingerprint density at radius 1 is 1.56 bits per heavy atom. The number of halogens is 2. The lowest BCUT2D eigenvalue weighted by molar-refractivity contribution is -0.386. The lowest BCUT2D eigenvalue weighted by atomic mass is 10.1. The maximum Gasteiger partial charge on any atom is 0.312 e. The Balaban J connectivity index is 3.41. The minimum atomic E-state index is -0.740. The summed E-state index contributed by atoms with van der Waals surface area (Å²) in [4.78, 5) is 21.0. The van der Waals surface area contributed by atoms with Gasteiger partial charge in [0.15, 0.2) is 5.78 Å². The van der Waals surface area contributed by atoms with Crippen LogP contribution >= 0.6 is 31.9 Å². The number of benzene rings is 1. The van der Waals surface area contributed by atoms with Gasteiger partial charge >= 0.3 is 5.69 Å². The highest BCUT2D eigenvalue weighted by molar-refractivity contribution is 9.10. The first-order valence-electron chi connectivity index (χ1n) is 4.19. The number of rotatable bonds is 3. The third kappa shape index (κ3) is 2.59. The highest BCUT2D eigenvalue weighted by Gasteiger charge is 2.24. The van der Waals surface area contributed by atoms with Gasteiger partial charge < -0.3 is 5.11 Å². The topological polar surface area (TPSA) is 80.4 Å². The third-order valence-electron chi connectivity index (χ3n) is 1.88. The van der Waals surface area contributed by atoms with E-state index >= 15 is 0 Å². The summed E-state index contributed by atoms with van der Waals surface area (Å²) < 4.78 is 0.369. The molecule has 5 nitrogen and oxygen atoms in total. The van der Waals surface area contributed by atoms with Crippen LogP contribution in [0.3, 0.4) is 0 Å². The van der Waals surface area contributed by atoms with Gasteiger partial charge in [-0.3, -0.25) is 14.9 Å². The SMILES string of the molecule is CC(Br)C(=O)c1cc(Br)cc([N+](=O)[O-])c1O. The van der Waals surface area contributed by atoms with E-state index in [1.807, 2.05) is 0 Å². The molecule has 0 heterocycles. The van der Waals surface area contributed by atoms with Gasteiger partial charge in [0.25, 0.3) is 0 Å². The van der Waals surface area contributed by atoms with Crippen LogP contribution < -0.4 is 0 Å². The zero-order valence-corrected chi connectivity index (χ0v) is 11.3. The number of aromatic hydroxyl groups is 1. The van der Waals surface area contributed by atoms with Gasteiger partial charge in [-0.15, -0.1) is 0 Å². The number of phenolic OH excluding ortho intramolecular Hbond substituents is 1. The molecule has 0 aliphatic heterocycles. The van der Waals surface area contributed by atoms with E-state index in [0.29, 0.717) is 4.47 Å². The van der Waals surface area contributed by atoms with E-state index in [2.05, 4.69) is 31.9 Å². The van der Waals surface area contributed by atoms with E-state index in [1.165, 1.54) is 6.07 Å². The van der Waals surface area contributed by atoms with E-state index in [0.717, 1.165) is 6.07 Å². The fourth-order valence-electron chi connectivity index (χ4n) is 1.13. The first-order chi connectivity index (χ1) is 7.34. The smallest absolute Gasteiger partial charge is 0.312 e. The number of hydrogen-bond donors (Lipinski definition) is 1. The molecule has 0 radical (unpaired) electrons. The molecule has 1 rings (SSSR count). The second kappa shape index (κ2) is 4.92. The maximum atomic E-state index is 11.6. The normalized spacial score (nSPS) is 12.2. The van der Waals surface area contributed by atoms with Crippen molar-refractivity contribution in [2.45, 2.75) is 11.8 Å². The zero-order chi connectivity index (χ0) is 12.5. The molecule has 0 fully saturated rings. The van der Waals surface area contributed by atoms with Crippen molar-refractivity contribution >= 4 is 43.3 Å². The van der Waals surface area contributed by atoms with Gasteiger partial charge in [-0.1, -0.05) is 31.9 Å². The molecule has 0 aliphatic rings. The second-order valence-electron chi connectivity index (χ2n) is 3.06. The zero-order valence-electron chi connectivity index (χ0n) is 8.11. The van der Waals surface area contributed by atoms with E-state index < -0.39 is 27.0 Å². The Labute approximate surface area is 108 Å².